The van der Waals surface area contributed by atoms with Crippen LogP contribution in [-0.2, 0) is 13.3 Å². The minimum atomic E-state index is -0.391. The quantitative estimate of drug-likeness (QED) is 0.389. The second-order valence-electron chi connectivity index (χ2n) is 6.50. The molecule has 4 aromatic rings. The van der Waals surface area contributed by atoms with Crippen LogP contribution in [-0.4, -0.2) is 25.5 Å². The van der Waals surface area contributed by atoms with Gasteiger partial charge >= 0.3 is 0 Å². The van der Waals surface area contributed by atoms with Gasteiger partial charge < -0.3 is 10.1 Å². The Labute approximate surface area is 193 Å². The van der Waals surface area contributed by atoms with E-state index < -0.39 is 5.91 Å². The molecule has 2 aromatic heterocycles. The zero-order chi connectivity index (χ0) is 21.8. The van der Waals surface area contributed by atoms with Gasteiger partial charge in [0.1, 0.15) is 5.75 Å². The first kappa shape index (κ1) is 21.2. The number of hydrogen-bond donors (Lipinski definition) is 1. The number of para-hydroxylation sites is 1. The highest BCUT2D eigenvalue weighted by atomic mass is 35.5. The molecule has 0 aliphatic rings. The minimum Gasteiger partial charge on any atom is -0.470 e. The molecule has 0 fully saturated rings. The summed E-state index contributed by atoms with van der Waals surface area (Å²) in [6.07, 6.45) is 3.37. The molecule has 1 amide bonds. The van der Waals surface area contributed by atoms with Gasteiger partial charge in [0, 0.05) is 34.1 Å². The number of nitrogens with one attached hydrogen (secondary N) is 1. The molecule has 31 heavy (non-hydrogen) atoms. The van der Waals surface area contributed by atoms with Crippen molar-refractivity contribution >= 4 is 46.5 Å². The maximum Gasteiger partial charge on any atom is 0.277 e. The smallest absolute Gasteiger partial charge is 0.277 e. The average Bonchev–Trinajstić information content (AvgIpc) is 3.40. The summed E-state index contributed by atoms with van der Waals surface area (Å²) in [5.41, 5.74) is 0.982. The van der Waals surface area contributed by atoms with Gasteiger partial charge in [0.2, 0.25) is 0 Å². The topological polar surface area (TPSA) is 74.0 Å². The van der Waals surface area contributed by atoms with Crippen molar-refractivity contribution < 1.29 is 9.53 Å². The number of ether oxygens (including phenoxy) is 1. The van der Waals surface area contributed by atoms with E-state index in [0.29, 0.717) is 33.2 Å². The molecule has 4 rings (SSSR count). The standard InChI is InChI=1S/C21H16Cl3N5O2/c22-15-5-3-6-16(23)14(15)12-28-11-9-20(27-28)25-21(30)18-8-10-29(26-18)13-31-19-7-2-1-4-17(19)24/h1-11H,12-13H2,(H,25,27,30). The average molecular weight is 477 g/mol. The third kappa shape index (κ3) is 5.19. The highest BCUT2D eigenvalue weighted by molar-refractivity contribution is 6.36. The number of carbonyl (C=O) groups excluding carboxylic acids is 1. The summed E-state index contributed by atoms with van der Waals surface area (Å²) in [4.78, 5) is 12.5. The maximum absolute atomic E-state index is 12.5. The maximum atomic E-state index is 12.5. The summed E-state index contributed by atoms with van der Waals surface area (Å²) in [5, 5.41) is 12.9. The SMILES string of the molecule is O=C(Nc1ccn(Cc2c(Cl)cccc2Cl)n1)c1ccn(COc2ccccc2Cl)n1. The number of aromatic nitrogens is 4. The first-order chi connectivity index (χ1) is 15.0. The Kier molecular flexibility index (Phi) is 6.46. The monoisotopic (exact) mass is 475 g/mol. The Balaban J connectivity index is 1.36. The molecule has 0 radical (unpaired) electrons. The molecule has 0 unspecified atom stereocenters. The molecule has 7 nitrogen and oxygen atoms in total. The Morgan fingerprint density at radius 1 is 0.871 bits per heavy atom. The summed E-state index contributed by atoms with van der Waals surface area (Å²) in [7, 11) is 0. The number of nitrogens with zero attached hydrogens (tertiary/aromatic N) is 4. The predicted octanol–water partition coefficient (Wildman–Crippen LogP) is 5.38. The van der Waals surface area contributed by atoms with Crippen LogP contribution in [0.15, 0.2) is 67.0 Å². The van der Waals surface area contributed by atoms with E-state index in [4.69, 9.17) is 39.5 Å². The molecular formula is C21H16Cl3N5O2. The first-order valence-corrected chi connectivity index (χ1v) is 10.3. The Bertz CT molecular complexity index is 1200. The fraction of sp³-hybridized carbons (Fsp3) is 0.0952. The van der Waals surface area contributed by atoms with Crippen molar-refractivity contribution in [2.75, 3.05) is 5.32 Å². The molecule has 2 heterocycles. The van der Waals surface area contributed by atoms with E-state index in [2.05, 4.69) is 15.5 Å². The Morgan fingerprint density at radius 3 is 2.35 bits per heavy atom. The number of hydrogen-bond acceptors (Lipinski definition) is 4. The van der Waals surface area contributed by atoms with Crippen molar-refractivity contribution in [2.45, 2.75) is 13.3 Å². The lowest BCUT2D eigenvalue weighted by atomic mass is 10.2. The molecule has 10 heteroatoms. The van der Waals surface area contributed by atoms with Crippen LogP contribution >= 0.6 is 34.8 Å². The van der Waals surface area contributed by atoms with Crippen molar-refractivity contribution in [1.29, 1.82) is 0 Å². The molecule has 158 valence electrons. The zero-order valence-electron chi connectivity index (χ0n) is 16.0. The van der Waals surface area contributed by atoms with Gasteiger partial charge in [0.15, 0.2) is 18.2 Å². The van der Waals surface area contributed by atoms with Gasteiger partial charge in [0.05, 0.1) is 11.6 Å². The van der Waals surface area contributed by atoms with Gasteiger partial charge in [-0.1, -0.05) is 53.0 Å². The van der Waals surface area contributed by atoms with Crippen molar-refractivity contribution in [2.24, 2.45) is 0 Å². The Morgan fingerprint density at radius 2 is 1.58 bits per heavy atom. The van der Waals surface area contributed by atoms with Crippen molar-refractivity contribution in [3.8, 4) is 5.75 Å². The second kappa shape index (κ2) is 9.43. The lowest BCUT2D eigenvalue weighted by Crippen LogP contribution is -2.15. The van der Waals surface area contributed by atoms with Gasteiger partial charge in [-0.15, -0.1) is 0 Å². The van der Waals surface area contributed by atoms with E-state index in [1.54, 1.807) is 59.5 Å². The second-order valence-corrected chi connectivity index (χ2v) is 7.72. The molecule has 0 aliphatic heterocycles. The molecule has 0 spiro atoms. The normalized spacial score (nSPS) is 10.8. The lowest BCUT2D eigenvalue weighted by molar-refractivity contribution is 0.101. The van der Waals surface area contributed by atoms with E-state index in [1.165, 1.54) is 4.68 Å². The van der Waals surface area contributed by atoms with E-state index >= 15 is 0 Å². The van der Waals surface area contributed by atoms with Crippen LogP contribution in [0.25, 0.3) is 0 Å². The minimum absolute atomic E-state index is 0.115. The van der Waals surface area contributed by atoms with Gasteiger partial charge in [-0.3, -0.25) is 9.48 Å². The van der Waals surface area contributed by atoms with Gasteiger partial charge in [-0.25, -0.2) is 4.68 Å². The van der Waals surface area contributed by atoms with E-state index in [0.717, 1.165) is 5.56 Å². The fourth-order valence-electron chi connectivity index (χ4n) is 2.79. The Hall–Kier alpha value is -3.00. The van der Waals surface area contributed by atoms with Crippen LogP contribution in [0.4, 0.5) is 5.82 Å². The number of carbonyl (C=O) groups is 1. The number of rotatable bonds is 7. The highest BCUT2D eigenvalue weighted by Gasteiger charge is 2.13. The number of halogens is 3. The molecule has 0 aliphatic carbocycles. The summed E-state index contributed by atoms with van der Waals surface area (Å²) < 4.78 is 8.75. The first-order valence-electron chi connectivity index (χ1n) is 9.18. The molecule has 0 saturated carbocycles. The molecule has 1 N–H and O–H groups in total. The molecule has 0 atom stereocenters. The van der Waals surface area contributed by atoms with Gasteiger partial charge in [0.25, 0.3) is 5.91 Å². The van der Waals surface area contributed by atoms with Crippen LogP contribution < -0.4 is 10.1 Å². The predicted molar refractivity (Wildman–Crippen MR) is 120 cm³/mol. The highest BCUT2D eigenvalue weighted by Crippen LogP contribution is 2.25. The van der Waals surface area contributed by atoms with Crippen LogP contribution in [0.3, 0.4) is 0 Å². The number of anilines is 1. The summed E-state index contributed by atoms with van der Waals surface area (Å²) in [5.74, 6) is 0.530. The van der Waals surface area contributed by atoms with Crippen LogP contribution in [0.1, 0.15) is 16.1 Å². The largest absolute Gasteiger partial charge is 0.470 e. The van der Waals surface area contributed by atoms with E-state index in [9.17, 15) is 4.79 Å². The van der Waals surface area contributed by atoms with Crippen LogP contribution in [0.5, 0.6) is 5.75 Å². The molecular weight excluding hydrogens is 461 g/mol. The zero-order valence-corrected chi connectivity index (χ0v) is 18.3. The lowest BCUT2D eigenvalue weighted by Gasteiger charge is -2.07. The number of benzene rings is 2. The summed E-state index contributed by atoms with van der Waals surface area (Å²) in [6.45, 7) is 0.493. The number of amides is 1. The molecule has 2 aromatic carbocycles. The van der Waals surface area contributed by atoms with E-state index in [-0.39, 0.29) is 12.4 Å². The van der Waals surface area contributed by atoms with Crippen molar-refractivity contribution in [3.05, 3.63) is 93.3 Å². The van der Waals surface area contributed by atoms with Crippen molar-refractivity contribution in [3.63, 3.8) is 0 Å². The van der Waals surface area contributed by atoms with Gasteiger partial charge in [-0.2, -0.15) is 10.2 Å². The summed E-state index contributed by atoms with van der Waals surface area (Å²) >= 11 is 18.5. The molecule has 0 bridgehead atoms. The van der Waals surface area contributed by atoms with Crippen LogP contribution in [0, 0.1) is 0 Å². The third-order valence-electron chi connectivity index (χ3n) is 4.33. The van der Waals surface area contributed by atoms with Gasteiger partial charge in [-0.05, 0) is 30.3 Å². The molecule has 0 saturated heterocycles. The fourth-order valence-corrected chi connectivity index (χ4v) is 3.50. The van der Waals surface area contributed by atoms with E-state index in [1.807, 2.05) is 12.1 Å². The van der Waals surface area contributed by atoms with Crippen molar-refractivity contribution in [1.82, 2.24) is 19.6 Å². The third-order valence-corrected chi connectivity index (χ3v) is 5.35. The van der Waals surface area contributed by atoms with Crippen LogP contribution in [0.2, 0.25) is 15.1 Å². The summed E-state index contributed by atoms with van der Waals surface area (Å²) in [6, 6.07) is 15.7.